The first-order valence-electron chi connectivity index (χ1n) is 7.73. The van der Waals surface area contributed by atoms with Crippen molar-refractivity contribution in [3.05, 3.63) is 34.5 Å². The van der Waals surface area contributed by atoms with E-state index in [4.69, 9.17) is 15.2 Å². The van der Waals surface area contributed by atoms with Crippen LogP contribution in [0.2, 0.25) is 0 Å². The zero-order chi connectivity index (χ0) is 16.1. The predicted octanol–water partition coefficient (Wildman–Crippen LogP) is 2.55. The third-order valence-corrected chi connectivity index (χ3v) is 4.85. The van der Waals surface area contributed by atoms with E-state index in [0.29, 0.717) is 25.1 Å². The monoisotopic (exact) mass is 341 g/mol. The van der Waals surface area contributed by atoms with Gasteiger partial charge >= 0.3 is 0 Å². The van der Waals surface area contributed by atoms with E-state index in [-0.39, 0.29) is 6.17 Å². The molecule has 4 heterocycles. The fourth-order valence-electron chi connectivity index (χ4n) is 3.07. The molecule has 0 spiro atoms. The normalized spacial score (nSPS) is 19.3. The number of fused-ring (bicyclic) bond motifs is 4. The molecule has 122 valence electrons. The lowest BCUT2D eigenvalue weighted by Crippen LogP contribution is -2.31. The number of nitrogens with zero attached hydrogens (tertiary/aromatic N) is 3. The Morgan fingerprint density at radius 3 is 2.88 bits per heavy atom. The summed E-state index contributed by atoms with van der Waals surface area (Å²) in [5.74, 6) is 2.52. The minimum Gasteiger partial charge on any atom is -0.489 e. The van der Waals surface area contributed by atoms with Crippen molar-refractivity contribution in [2.75, 3.05) is 18.5 Å². The summed E-state index contributed by atoms with van der Waals surface area (Å²) in [6.45, 7) is 1.30. The van der Waals surface area contributed by atoms with Crippen molar-refractivity contribution >= 4 is 34.3 Å². The summed E-state index contributed by atoms with van der Waals surface area (Å²) in [6.07, 6.45) is 0.638. The molecule has 1 aromatic carbocycles. The highest BCUT2D eigenvalue weighted by molar-refractivity contribution is 7.08. The van der Waals surface area contributed by atoms with Gasteiger partial charge in [-0.2, -0.15) is 11.3 Å². The third-order valence-electron chi connectivity index (χ3n) is 4.15. The van der Waals surface area contributed by atoms with Gasteiger partial charge in [0.25, 0.3) is 0 Å². The van der Waals surface area contributed by atoms with E-state index in [0.717, 1.165) is 34.5 Å². The van der Waals surface area contributed by atoms with E-state index >= 15 is 0 Å². The molecule has 1 atom stereocenters. The number of thiophene rings is 1. The first-order valence-corrected chi connectivity index (χ1v) is 8.68. The Bertz CT molecular complexity index is 947. The fraction of sp³-hybridized carbons (Fsp3) is 0.250. The molecule has 0 bridgehead atoms. The number of nitrogens with two attached hydrogens (primary N) is 1. The second-order valence-corrected chi connectivity index (χ2v) is 6.49. The Balaban J connectivity index is 1.73. The molecule has 0 saturated carbocycles. The number of ether oxygens (including phenoxy) is 2. The van der Waals surface area contributed by atoms with E-state index < -0.39 is 0 Å². The van der Waals surface area contributed by atoms with Gasteiger partial charge in [0.1, 0.15) is 0 Å². The van der Waals surface area contributed by atoms with Gasteiger partial charge in [-0.05, 0) is 16.8 Å². The number of imidazole rings is 1. The van der Waals surface area contributed by atoms with Crippen molar-refractivity contribution in [1.82, 2.24) is 9.55 Å². The standard InChI is InChI=1S/C16H15N5O2S/c17-15-19-14(9-2-5-24-8-9)21-11-7-13-12(22-3-1-4-23-13)6-10(11)18-16(21)20-15/h2,5-8,14H,1,3-4H2,(H3,17,18,19,20). The number of nitrogens with one attached hydrogen (secondary N) is 1. The minimum absolute atomic E-state index is 0.234. The molecule has 0 aliphatic carbocycles. The van der Waals surface area contributed by atoms with Gasteiger partial charge in [0.2, 0.25) is 5.95 Å². The summed E-state index contributed by atoms with van der Waals surface area (Å²) < 4.78 is 13.6. The van der Waals surface area contributed by atoms with Crippen LogP contribution in [0.25, 0.3) is 11.0 Å². The number of aromatic nitrogens is 2. The summed E-state index contributed by atoms with van der Waals surface area (Å²) in [5, 5.41) is 7.15. The summed E-state index contributed by atoms with van der Waals surface area (Å²) in [7, 11) is 0. The highest BCUT2D eigenvalue weighted by Crippen LogP contribution is 2.39. The summed E-state index contributed by atoms with van der Waals surface area (Å²) in [5.41, 5.74) is 8.80. The average Bonchev–Trinajstić information content (AvgIpc) is 3.15. The summed E-state index contributed by atoms with van der Waals surface area (Å²) >= 11 is 1.63. The lowest BCUT2D eigenvalue weighted by atomic mass is 10.2. The lowest BCUT2D eigenvalue weighted by molar-refractivity contribution is 0.297. The highest BCUT2D eigenvalue weighted by Gasteiger charge is 2.27. The van der Waals surface area contributed by atoms with Gasteiger partial charge < -0.3 is 15.2 Å². The van der Waals surface area contributed by atoms with Crippen LogP contribution < -0.4 is 20.5 Å². The molecule has 3 N–H and O–H groups in total. The zero-order valence-electron chi connectivity index (χ0n) is 12.7. The minimum atomic E-state index is -0.234. The maximum absolute atomic E-state index is 5.95. The predicted molar refractivity (Wildman–Crippen MR) is 93.0 cm³/mol. The van der Waals surface area contributed by atoms with Crippen molar-refractivity contribution in [2.45, 2.75) is 12.6 Å². The molecule has 7 nitrogen and oxygen atoms in total. The third kappa shape index (κ3) is 2.03. The van der Waals surface area contributed by atoms with Crippen molar-refractivity contribution < 1.29 is 9.47 Å². The Labute approximate surface area is 141 Å². The van der Waals surface area contributed by atoms with Crippen LogP contribution in [0, 0.1) is 0 Å². The molecule has 24 heavy (non-hydrogen) atoms. The summed E-state index contributed by atoms with van der Waals surface area (Å²) in [6, 6.07) is 5.95. The zero-order valence-corrected chi connectivity index (χ0v) is 13.5. The van der Waals surface area contributed by atoms with Crippen LogP contribution in [0.5, 0.6) is 11.5 Å². The van der Waals surface area contributed by atoms with E-state index in [1.165, 1.54) is 0 Å². The number of rotatable bonds is 1. The van der Waals surface area contributed by atoms with E-state index in [1.807, 2.05) is 22.1 Å². The Morgan fingerprint density at radius 1 is 1.25 bits per heavy atom. The van der Waals surface area contributed by atoms with Crippen LogP contribution in [0.4, 0.5) is 5.95 Å². The van der Waals surface area contributed by atoms with E-state index in [1.54, 1.807) is 11.3 Å². The summed E-state index contributed by atoms with van der Waals surface area (Å²) in [4.78, 5) is 9.22. The SMILES string of the molecule is NC1=NC(c2ccsc2)n2c(nc3cc4c(cc32)OCCCO4)N1. The molecule has 0 fully saturated rings. The molecule has 8 heteroatoms. The second-order valence-electron chi connectivity index (χ2n) is 5.71. The van der Waals surface area contributed by atoms with Crippen molar-refractivity contribution in [2.24, 2.45) is 10.7 Å². The maximum Gasteiger partial charge on any atom is 0.212 e. The molecule has 0 saturated heterocycles. The Kier molecular flexibility index (Phi) is 2.93. The smallest absolute Gasteiger partial charge is 0.212 e. The molecule has 2 aliphatic rings. The fourth-order valence-corrected chi connectivity index (χ4v) is 3.74. The highest BCUT2D eigenvalue weighted by atomic mass is 32.1. The van der Waals surface area contributed by atoms with Crippen LogP contribution in [-0.4, -0.2) is 28.7 Å². The number of guanidine groups is 1. The number of benzene rings is 1. The average molecular weight is 341 g/mol. The molecular formula is C16H15N5O2S. The molecule has 2 aliphatic heterocycles. The van der Waals surface area contributed by atoms with Crippen molar-refractivity contribution in [1.29, 1.82) is 0 Å². The largest absolute Gasteiger partial charge is 0.489 e. The Morgan fingerprint density at radius 2 is 2.08 bits per heavy atom. The van der Waals surface area contributed by atoms with E-state index in [2.05, 4.69) is 26.7 Å². The topological polar surface area (TPSA) is 86.7 Å². The van der Waals surface area contributed by atoms with Gasteiger partial charge in [-0.15, -0.1) is 0 Å². The van der Waals surface area contributed by atoms with Crippen LogP contribution in [0.15, 0.2) is 34.0 Å². The van der Waals surface area contributed by atoms with Crippen LogP contribution in [-0.2, 0) is 0 Å². The molecule has 1 unspecified atom stereocenters. The van der Waals surface area contributed by atoms with Crippen LogP contribution in [0.1, 0.15) is 18.2 Å². The van der Waals surface area contributed by atoms with E-state index in [9.17, 15) is 0 Å². The van der Waals surface area contributed by atoms with Crippen LogP contribution in [0.3, 0.4) is 0 Å². The van der Waals surface area contributed by atoms with Gasteiger partial charge in [0.05, 0.1) is 24.2 Å². The number of anilines is 1. The molecule has 2 aromatic heterocycles. The van der Waals surface area contributed by atoms with Gasteiger partial charge in [0.15, 0.2) is 23.6 Å². The first-order chi connectivity index (χ1) is 11.8. The molecule has 0 radical (unpaired) electrons. The van der Waals surface area contributed by atoms with Gasteiger partial charge in [-0.1, -0.05) is 0 Å². The van der Waals surface area contributed by atoms with Crippen LogP contribution >= 0.6 is 11.3 Å². The van der Waals surface area contributed by atoms with Gasteiger partial charge in [-0.3, -0.25) is 9.88 Å². The van der Waals surface area contributed by atoms with Gasteiger partial charge in [0, 0.05) is 24.1 Å². The Hall–Kier alpha value is -2.74. The molecule has 3 aromatic rings. The van der Waals surface area contributed by atoms with Gasteiger partial charge in [-0.25, -0.2) is 9.98 Å². The lowest BCUT2D eigenvalue weighted by Gasteiger charge is -2.23. The van der Waals surface area contributed by atoms with Crippen molar-refractivity contribution in [3.8, 4) is 11.5 Å². The molecule has 0 amide bonds. The number of hydrogen-bond donors (Lipinski definition) is 2. The first kappa shape index (κ1) is 13.7. The molecular weight excluding hydrogens is 326 g/mol. The second kappa shape index (κ2) is 5.13. The molecule has 5 rings (SSSR count). The number of hydrogen-bond acceptors (Lipinski definition) is 7. The quantitative estimate of drug-likeness (QED) is 0.710. The maximum atomic E-state index is 5.95. The number of aliphatic imine (C=N–C) groups is 1. The van der Waals surface area contributed by atoms with Crippen molar-refractivity contribution in [3.63, 3.8) is 0 Å².